The minimum atomic E-state index is -0.956. The third-order valence-corrected chi connectivity index (χ3v) is 2.72. The van der Waals surface area contributed by atoms with Crippen molar-refractivity contribution in [3.05, 3.63) is 53.2 Å². The Morgan fingerprint density at radius 3 is 2.50 bits per heavy atom. The van der Waals surface area contributed by atoms with Crippen LogP contribution in [0.25, 0.3) is 0 Å². The van der Waals surface area contributed by atoms with Crippen molar-refractivity contribution in [1.29, 1.82) is 0 Å². The van der Waals surface area contributed by atoms with E-state index in [1.54, 1.807) is 19.1 Å². The molecule has 0 aliphatic carbocycles. The molecule has 1 aromatic carbocycles. The van der Waals surface area contributed by atoms with Crippen LogP contribution in [0.1, 0.15) is 21.6 Å². The SMILES string of the molecule is Cc1ccccc1Nc1ccc(C(=O)O)c(C)n1. The zero-order valence-electron chi connectivity index (χ0n) is 10.3. The van der Waals surface area contributed by atoms with Crippen LogP contribution in [-0.4, -0.2) is 16.1 Å². The molecule has 2 aromatic rings. The normalized spacial score (nSPS) is 10.1. The number of hydrogen-bond donors (Lipinski definition) is 2. The fourth-order valence-electron chi connectivity index (χ4n) is 1.71. The van der Waals surface area contributed by atoms with Gasteiger partial charge in [-0.2, -0.15) is 0 Å². The largest absolute Gasteiger partial charge is 0.478 e. The Labute approximate surface area is 105 Å². The monoisotopic (exact) mass is 242 g/mol. The van der Waals surface area contributed by atoms with Crippen LogP contribution in [0.4, 0.5) is 11.5 Å². The standard InChI is InChI=1S/C14H14N2O2/c1-9-5-3-4-6-12(9)16-13-8-7-11(14(17)18)10(2)15-13/h3-8H,1-2H3,(H,15,16)(H,17,18). The van der Waals surface area contributed by atoms with Gasteiger partial charge < -0.3 is 10.4 Å². The Bertz CT molecular complexity index is 594. The summed E-state index contributed by atoms with van der Waals surface area (Å²) in [5.41, 5.74) is 2.80. The number of hydrogen-bond acceptors (Lipinski definition) is 3. The van der Waals surface area contributed by atoms with Crippen LogP contribution >= 0.6 is 0 Å². The van der Waals surface area contributed by atoms with Crippen molar-refractivity contribution in [2.45, 2.75) is 13.8 Å². The summed E-state index contributed by atoms with van der Waals surface area (Å²) in [6.07, 6.45) is 0. The summed E-state index contributed by atoms with van der Waals surface area (Å²) in [7, 11) is 0. The van der Waals surface area contributed by atoms with Crippen molar-refractivity contribution >= 4 is 17.5 Å². The van der Waals surface area contributed by atoms with Crippen molar-refractivity contribution in [3.63, 3.8) is 0 Å². The lowest BCUT2D eigenvalue weighted by Crippen LogP contribution is -2.04. The molecule has 2 rings (SSSR count). The first kappa shape index (κ1) is 12.1. The fourth-order valence-corrected chi connectivity index (χ4v) is 1.71. The molecule has 0 aliphatic rings. The van der Waals surface area contributed by atoms with E-state index in [9.17, 15) is 4.79 Å². The van der Waals surface area contributed by atoms with Crippen molar-refractivity contribution in [2.24, 2.45) is 0 Å². The second kappa shape index (κ2) is 4.87. The average Bonchev–Trinajstić information content (AvgIpc) is 2.32. The van der Waals surface area contributed by atoms with E-state index in [0.29, 0.717) is 11.5 Å². The first-order valence-electron chi connectivity index (χ1n) is 5.61. The maximum absolute atomic E-state index is 10.9. The molecule has 4 nitrogen and oxygen atoms in total. The number of aromatic nitrogens is 1. The highest BCUT2D eigenvalue weighted by Gasteiger charge is 2.08. The van der Waals surface area contributed by atoms with Crippen LogP contribution in [-0.2, 0) is 0 Å². The van der Waals surface area contributed by atoms with Gasteiger partial charge in [0, 0.05) is 5.69 Å². The quantitative estimate of drug-likeness (QED) is 0.868. The van der Waals surface area contributed by atoms with Gasteiger partial charge in [0.2, 0.25) is 0 Å². The van der Waals surface area contributed by atoms with E-state index in [1.165, 1.54) is 0 Å². The molecule has 92 valence electrons. The minimum Gasteiger partial charge on any atom is -0.478 e. The maximum Gasteiger partial charge on any atom is 0.337 e. The number of carboxylic acid groups (broad SMARTS) is 1. The first-order valence-corrected chi connectivity index (χ1v) is 5.61. The van der Waals surface area contributed by atoms with Crippen molar-refractivity contribution in [2.75, 3.05) is 5.32 Å². The van der Waals surface area contributed by atoms with Crippen LogP contribution in [0.5, 0.6) is 0 Å². The van der Waals surface area contributed by atoms with E-state index in [1.807, 2.05) is 31.2 Å². The molecule has 1 heterocycles. The number of anilines is 2. The summed E-state index contributed by atoms with van der Waals surface area (Å²) in [5.74, 6) is -0.311. The van der Waals surface area contributed by atoms with Crippen LogP contribution in [0.3, 0.4) is 0 Å². The van der Waals surface area contributed by atoms with E-state index in [4.69, 9.17) is 5.11 Å². The van der Waals surface area contributed by atoms with E-state index in [2.05, 4.69) is 10.3 Å². The van der Waals surface area contributed by atoms with Gasteiger partial charge in [-0.05, 0) is 37.6 Å². The number of carboxylic acids is 1. The maximum atomic E-state index is 10.9. The molecular weight excluding hydrogens is 228 g/mol. The molecule has 0 amide bonds. The van der Waals surface area contributed by atoms with E-state index >= 15 is 0 Å². The number of rotatable bonds is 3. The molecule has 0 atom stereocenters. The van der Waals surface area contributed by atoms with Crippen LogP contribution in [0.2, 0.25) is 0 Å². The predicted molar refractivity (Wildman–Crippen MR) is 70.4 cm³/mol. The average molecular weight is 242 g/mol. The highest BCUT2D eigenvalue weighted by atomic mass is 16.4. The van der Waals surface area contributed by atoms with Gasteiger partial charge in [0.15, 0.2) is 0 Å². The lowest BCUT2D eigenvalue weighted by Gasteiger charge is -2.09. The Morgan fingerprint density at radius 1 is 1.17 bits per heavy atom. The van der Waals surface area contributed by atoms with E-state index in [0.717, 1.165) is 11.3 Å². The topological polar surface area (TPSA) is 62.2 Å². The van der Waals surface area contributed by atoms with Gasteiger partial charge in [0.25, 0.3) is 0 Å². The molecule has 4 heteroatoms. The summed E-state index contributed by atoms with van der Waals surface area (Å²) < 4.78 is 0. The molecule has 0 bridgehead atoms. The zero-order valence-corrected chi connectivity index (χ0v) is 10.3. The molecule has 0 aliphatic heterocycles. The van der Waals surface area contributed by atoms with Gasteiger partial charge in [-0.1, -0.05) is 18.2 Å². The Hall–Kier alpha value is -2.36. The second-order valence-corrected chi connectivity index (χ2v) is 4.07. The Morgan fingerprint density at radius 2 is 1.89 bits per heavy atom. The molecule has 0 spiro atoms. The molecule has 0 radical (unpaired) electrons. The molecule has 0 saturated heterocycles. The molecular formula is C14H14N2O2. The van der Waals surface area contributed by atoms with Gasteiger partial charge in [-0.25, -0.2) is 9.78 Å². The molecule has 0 fully saturated rings. The van der Waals surface area contributed by atoms with Crippen molar-refractivity contribution in [3.8, 4) is 0 Å². The molecule has 18 heavy (non-hydrogen) atoms. The number of aryl methyl sites for hydroxylation is 2. The molecule has 0 saturated carbocycles. The van der Waals surface area contributed by atoms with Gasteiger partial charge in [0.05, 0.1) is 11.3 Å². The van der Waals surface area contributed by atoms with Crippen molar-refractivity contribution in [1.82, 2.24) is 4.98 Å². The summed E-state index contributed by atoms with van der Waals surface area (Å²) in [5, 5.41) is 12.1. The number of nitrogens with one attached hydrogen (secondary N) is 1. The summed E-state index contributed by atoms with van der Waals surface area (Å²) in [4.78, 5) is 15.1. The zero-order chi connectivity index (χ0) is 13.1. The van der Waals surface area contributed by atoms with Crippen molar-refractivity contribution < 1.29 is 9.90 Å². The van der Waals surface area contributed by atoms with Crippen LogP contribution in [0, 0.1) is 13.8 Å². The van der Waals surface area contributed by atoms with Gasteiger partial charge in [-0.15, -0.1) is 0 Å². The third-order valence-electron chi connectivity index (χ3n) is 2.72. The summed E-state index contributed by atoms with van der Waals surface area (Å²) in [6, 6.07) is 11.1. The van der Waals surface area contributed by atoms with Gasteiger partial charge >= 0.3 is 5.97 Å². The summed E-state index contributed by atoms with van der Waals surface area (Å²) >= 11 is 0. The lowest BCUT2D eigenvalue weighted by molar-refractivity contribution is 0.0695. The summed E-state index contributed by atoms with van der Waals surface area (Å²) in [6.45, 7) is 3.69. The van der Waals surface area contributed by atoms with E-state index < -0.39 is 5.97 Å². The van der Waals surface area contributed by atoms with Crippen LogP contribution < -0.4 is 5.32 Å². The Balaban J connectivity index is 2.29. The number of nitrogens with zero attached hydrogens (tertiary/aromatic N) is 1. The highest BCUT2D eigenvalue weighted by molar-refractivity contribution is 5.89. The predicted octanol–water partition coefficient (Wildman–Crippen LogP) is 3.14. The van der Waals surface area contributed by atoms with Gasteiger partial charge in [0.1, 0.15) is 5.82 Å². The van der Waals surface area contributed by atoms with Gasteiger partial charge in [-0.3, -0.25) is 0 Å². The van der Waals surface area contributed by atoms with Crippen LogP contribution in [0.15, 0.2) is 36.4 Å². The number of carbonyl (C=O) groups is 1. The minimum absolute atomic E-state index is 0.227. The highest BCUT2D eigenvalue weighted by Crippen LogP contribution is 2.19. The number of para-hydroxylation sites is 1. The smallest absolute Gasteiger partial charge is 0.337 e. The Kier molecular flexibility index (Phi) is 3.28. The first-order chi connectivity index (χ1) is 8.58. The second-order valence-electron chi connectivity index (χ2n) is 4.07. The molecule has 0 unspecified atom stereocenters. The van der Waals surface area contributed by atoms with E-state index in [-0.39, 0.29) is 5.56 Å². The number of aromatic carboxylic acids is 1. The number of pyridine rings is 1. The molecule has 1 aromatic heterocycles. The molecule has 2 N–H and O–H groups in total. The third kappa shape index (κ3) is 2.48. The fraction of sp³-hybridized carbons (Fsp3) is 0.143. The lowest BCUT2D eigenvalue weighted by atomic mass is 10.2. The number of benzene rings is 1.